The lowest BCUT2D eigenvalue weighted by Crippen LogP contribution is -2.56. The molecular weight excluding hydrogens is 635 g/mol. The zero-order valence-electron chi connectivity index (χ0n) is 25.1. The van der Waals surface area contributed by atoms with E-state index >= 15 is 0 Å². The quantitative estimate of drug-likeness (QED) is 0.258. The first kappa shape index (κ1) is 32.8. The number of nitrogens with two attached hydrogens (primary N) is 1. The number of ether oxygens (including phenoxy) is 2. The van der Waals surface area contributed by atoms with Gasteiger partial charge in [0.25, 0.3) is 0 Å². The molecular formula is C27H28F3N9O8. The Morgan fingerprint density at radius 1 is 1.04 bits per heavy atom. The van der Waals surface area contributed by atoms with Crippen molar-refractivity contribution in [2.45, 2.75) is 57.3 Å². The van der Waals surface area contributed by atoms with E-state index in [9.17, 15) is 22.8 Å². The third-order valence-electron chi connectivity index (χ3n) is 6.84. The summed E-state index contributed by atoms with van der Waals surface area (Å²) >= 11 is 0. The molecule has 0 aromatic carbocycles. The fourth-order valence-corrected chi connectivity index (χ4v) is 4.49. The lowest BCUT2D eigenvalue weighted by Gasteiger charge is -2.37. The van der Waals surface area contributed by atoms with Crippen molar-refractivity contribution in [1.29, 1.82) is 0 Å². The van der Waals surface area contributed by atoms with Gasteiger partial charge < -0.3 is 34.8 Å². The van der Waals surface area contributed by atoms with Crippen molar-refractivity contribution in [2.24, 2.45) is 0 Å². The van der Waals surface area contributed by atoms with Crippen LogP contribution in [0.1, 0.15) is 45.3 Å². The minimum Gasteiger partial charge on any atom is -0.483 e. The van der Waals surface area contributed by atoms with Crippen LogP contribution in [0.15, 0.2) is 23.2 Å². The van der Waals surface area contributed by atoms with E-state index in [0.29, 0.717) is 45.3 Å². The molecule has 0 atom stereocenters. The van der Waals surface area contributed by atoms with Gasteiger partial charge in [-0.3, -0.25) is 0 Å². The maximum Gasteiger partial charge on any atom is 0.490 e. The molecule has 4 aromatic rings. The van der Waals surface area contributed by atoms with E-state index in [4.69, 9.17) is 35.1 Å². The van der Waals surface area contributed by atoms with Gasteiger partial charge in [-0.2, -0.15) is 18.3 Å². The van der Waals surface area contributed by atoms with Crippen molar-refractivity contribution >= 4 is 34.9 Å². The summed E-state index contributed by atoms with van der Waals surface area (Å²) in [7, 11) is 0. The lowest BCUT2D eigenvalue weighted by atomic mass is 10.1. The second-order valence-electron chi connectivity index (χ2n) is 11.6. The summed E-state index contributed by atoms with van der Waals surface area (Å²) in [6, 6.07) is 0. The molecule has 0 unspecified atom stereocenters. The van der Waals surface area contributed by atoms with Crippen LogP contribution in [0.5, 0.6) is 5.75 Å². The minimum absolute atomic E-state index is 0.210. The highest BCUT2D eigenvalue weighted by molar-refractivity contribution is 6.00. The topological polar surface area (TPSA) is 235 Å². The molecule has 250 valence electrons. The van der Waals surface area contributed by atoms with E-state index in [1.807, 2.05) is 20.8 Å². The predicted octanol–water partition coefficient (Wildman–Crippen LogP) is 3.07. The highest BCUT2D eigenvalue weighted by Crippen LogP contribution is 2.48. The van der Waals surface area contributed by atoms with E-state index in [2.05, 4.69) is 29.8 Å². The van der Waals surface area contributed by atoms with Crippen LogP contribution in [0.2, 0.25) is 0 Å². The van der Waals surface area contributed by atoms with Gasteiger partial charge in [0.15, 0.2) is 29.6 Å². The number of alkyl halides is 3. The Kier molecular flexibility index (Phi) is 8.61. The molecule has 1 aliphatic carbocycles. The van der Waals surface area contributed by atoms with Gasteiger partial charge in [-0.15, -0.1) is 0 Å². The molecule has 2 aliphatic rings. The number of hydrogen-bond donors (Lipinski definition) is 3. The molecule has 17 nitrogen and oxygen atoms in total. The molecule has 47 heavy (non-hydrogen) atoms. The molecule has 20 heteroatoms. The van der Waals surface area contributed by atoms with Crippen LogP contribution >= 0.6 is 0 Å². The van der Waals surface area contributed by atoms with E-state index in [0.717, 1.165) is 12.8 Å². The van der Waals surface area contributed by atoms with Crippen LogP contribution < -0.4 is 10.5 Å². The third kappa shape index (κ3) is 7.15. The van der Waals surface area contributed by atoms with Crippen molar-refractivity contribution < 1.29 is 51.8 Å². The van der Waals surface area contributed by atoms with Crippen molar-refractivity contribution in [3.63, 3.8) is 0 Å². The molecule has 0 radical (unpaired) electrons. The molecule has 4 aromatic heterocycles. The van der Waals surface area contributed by atoms with Crippen LogP contribution in [-0.2, 0) is 19.9 Å². The number of rotatable bonds is 7. The van der Waals surface area contributed by atoms with E-state index in [-0.39, 0.29) is 36.5 Å². The van der Waals surface area contributed by atoms with Crippen LogP contribution in [0.4, 0.5) is 23.8 Å². The zero-order chi connectivity index (χ0) is 34.3. The van der Waals surface area contributed by atoms with Gasteiger partial charge in [-0.1, -0.05) is 5.16 Å². The first-order valence-corrected chi connectivity index (χ1v) is 14.0. The molecule has 4 N–H and O–H groups in total. The highest BCUT2D eigenvalue weighted by atomic mass is 19.4. The van der Waals surface area contributed by atoms with Crippen molar-refractivity contribution in [3.05, 3.63) is 24.5 Å². The van der Waals surface area contributed by atoms with Gasteiger partial charge in [0.2, 0.25) is 0 Å². The molecule has 0 spiro atoms. The number of aliphatic carboxylic acids is 2. The van der Waals surface area contributed by atoms with Gasteiger partial charge >= 0.3 is 24.2 Å². The van der Waals surface area contributed by atoms with Crippen LogP contribution in [0.25, 0.3) is 33.8 Å². The van der Waals surface area contributed by atoms with Gasteiger partial charge in [-0.25, -0.2) is 39.0 Å². The number of carbonyl (C=O) groups is 3. The molecule has 5 heterocycles. The van der Waals surface area contributed by atoms with Gasteiger partial charge in [0.05, 0.1) is 42.0 Å². The van der Waals surface area contributed by atoms with E-state index in [1.54, 1.807) is 17.1 Å². The Morgan fingerprint density at radius 2 is 1.68 bits per heavy atom. The average molecular weight is 664 g/mol. The van der Waals surface area contributed by atoms with Crippen molar-refractivity contribution in [1.82, 2.24) is 39.8 Å². The predicted molar refractivity (Wildman–Crippen MR) is 152 cm³/mol. The van der Waals surface area contributed by atoms with Crippen LogP contribution in [-0.4, -0.2) is 100.0 Å². The molecule has 1 saturated carbocycles. The Hall–Kier alpha value is -5.56. The maximum absolute atomic E-state index is 11.8. The summed E-state index contributed by atoms with van der Waals surface area (Å²) in [6.07, 6.45) is 0.364. The smallest absolute Gasteiger partial charge is 0.483 e. The SMILES string of the molecule is CC(C)(C)n1nc(-c2noc(C3CC3)c2-c2ncc(OC3CN(C(=O)OCC(=O)O)C3)cn2)c2c(N)ncnc21.O=C(O)C(F)(F)F. The summed E-state index contributed by atoms with van der Waals surface area (Å²) in [5, 5.41) is 25.6. The van der Waals surface area contributed by atoms with Crippen LogP contribution in [0, 0.1) is 0 Å². The zero-order valence-corrected chi connectivity index (χ0v) is 25.1. The number of aromatic nitrogens is 7. The number of nitrogen functional groups attached to an aromatic ring is 1. The largest absolute Gasteiger partial charge is 0.490 e. The van der Waals surface area contributed by atoms with Gasteiger partial charge in [0, 0.05) is 5.92 Å². The fourth-order valence-electron chi connectivity index (χ4n) is 4.49. The number of amides is 1. The summed E-state index contributed by atoms with van der Waals surface area (Å²) in [5.74, 6) is -1.98. The van der Waals surface area contributed by atoms with Crippen molar-refractivity contribution in [2.75, 3.05) is 25.4 Å². The summed E-state index contributed by atoms with van der Waals surface area (Å²) in [6.45, 7) is 5.88. The summed E-state index contributed by atoms with van der Waals surface area (Å²) in [4.78, 5) is 50.4. The maximum atomic E-state index is 11.8. The number of nitrogens with zero attached hydrogens (tertiary/aromatic N) is 8. The minimum atomic E-state index is -5.08. The number of hydrogen-bond acceptors (Lipinski definition) is 13. The number of likely N-dealkylation sites (tertiary alicyclic amines) is 1. The monoisotopic (exact) mass is 663 g/mol. The van der Waals surface area contributed by atoms with Gasteiger partial charge in [-0.05, 0) is 33.6 Å². The Morgan fingerprint density at radius 3 is 2.23 bits per heavy atom. The molecule has 1 aliphatic heterocycles. The average Bonchev–Trinajstić information content (AvgIpc) is 3.58. The second-order valence-corrected chi connectivity index (χ2v) is 11.6. The Bertz CT molecular complexity index is 1810. The number of carboxylic acids is 2. The summed E-state index contributed by atoms with van der Waals surface area (Å²) in [5.41, 5.74) is 8.07. The molecule has 2 fully saturated rings. The standard InChI is InChI=1S/C25H27N9O6.C2HF3O2/c1-25(2,3)34-23-17(21(26)29-11-30-23)18(31-34)19-16(20(40-32-19)12-4-5-12)22-27-6-13(7-28-22)39-14-8-33(9-14)24(37)38-10-15(35)36;3-2(4,5)1(6)7/h6-7,11-12,14H,4-5,8-10H2,1-3H3,(H,35,36)(H2,26,29,30);(H,6,7). The second kappa shape index (κ2) is 12.3. The first-order valence-electron chi connectivity index (χ1n) is 14.0. The van der Waals surface area contributed by atoms with Gasteiger partial charge in [0.1, 0.15) is 29.6 Å². The number of fused-ring (bicyclic) bond motifs is 1. The Balaban J connectivity index is 0.000000559. The number of halogens is 3. The molecule has 1 amide bonds. The number of carboxylic acid groups (broad SMARTS) is 2. The molecule has 6 rings (SSSR count). The van der Waals surface area contributed by atoms with E-state index < -0.39 is 30.8 Å². The molecule has 1 saturated heterocycles. The summed E-state index contributed by atoms with van der Waals surface area (Å²) < 4.78 is 49.9. The highest BCUT2D eigenvalue weighted by Gasteiger charge is 2.39. The lowest BCUT2D eigenvalue weighted by molar-refractivity contribution is -0.192. The Labute approximate surface area is 262 Å². The number of carbonyl (C=O) groups excluding carboxylic acids is 1. The van der Waals surface area contributed by atoms with E-state index in [1.165, 1.54) is 11.2 Å². The van der Waals surface area contributed by atoms with Crippen LogP contribution in [0.3, 0.4) is 0 Å². The number of anilines is 1. The normalized spacial score (nSPS) is 15.1. The first-order chi connectivity index (χ1) is 22.0. The van der Waals surface area contributed by atoms with Crippen molar-refractivity contribution in [3.8, 4) is 28.5 Å². The third-order valence-corrected chi connectivity index (χ3v) is 6.84. The fraction of sp³-hybridized carbons (Fsp3) is 0.444. The molecule has 0 bridgehead atoms.